The van der Waals surface area contributed by atoms with Gasteiger partial charge in [0.05, 0.1) is 25.5 Å². The fourth-order valence-electron chi connectivity index (χ4n) is 1.49. The Bertz CT molecular complexity index is 497. The van der Waals surface area contributed by atoms with E-state index in [0.29, 0.717) is 8.67 Å². The average molecular weight is 341 g/mol. The minimum absolute atomic E-state index is 0.0966. The van der Waals surface area contributed by atoms with Crippen molar-refractivity contribution in [2.45, 2.75) is 6.04 Å². The summed E-state index contributed by atoms with van der Waals surface area (Å²) in [5.74, 6) is 0.791. The summed E-state index contributed by atoms with van der Waals surface area (Å²) in [7, 11) is 1.85. The molecule has 0 aromatic carbocycles. The average Bonchev–Trinajstić information content (AvgIpc) is 2.77. The lowest BCUT2D eigenvalue weighted by molar-refractivity contribution is 0.461. The summed E-state index contributed by atoms with van der Waals surface area (Å²) in [4.78, 5) is 0. The Kier molecular flexibility index (Phi) is 3.97. The lowest BCUT2D eigenvalue weighted by Crippen LogP contribution is -2.17. The molecule has 2 aromatic rings. The van der Waals surface area contributed by atoms with Gasteiger partial charge >= 0.3 is 0 Å². The van der Waals surface area contributed by atoms with Crippen LogP contribution in [-0.4, -0.2) is 7.05 Å². The van der Waals surface area contributed by atoms with Crippen LogP contribution in [0.4, 0.5) is 0 Å². The summed E-state index contributed by atoms with van der Waals surface area (Å²) in [6.07, 6.45) is 1.63. The predicted octanol–water partition coefficient (Wildman–Crippen LogP) is 4.72. The first-order valence-corrected chi connectivity index (χ1v) is 6.85. The second-order valence-corrected chi connectivity index (χ2v) is 6.27. The second-order valence-electron chi connectivity index (χ2n) is 3.13. The number of nitrogens with one attached hydrogen (secondary N) is 1. The molecule has 1 atom stereocenters. The molecule has 86 valence electrons. The van der Waals surface area contributed by atoms with Gasteiger partial charge in [0.1, 0.15) is 5.76 Å². The van der Waals surface area contributed by atoms with E-state index in [1.165, 1.54) is 11.3 Å². The Morgan fingerprint density at radius 1 is 1.50 bits per heavy atom. The SMILES string of the molecule is CNC(c1cc(Cl)sc1Cl)c1occc1Br. The fourth-order valence-corrected chi connectivity index (χ4v) is 3.45. The van der Waals surface area contributed by atoms with Gasteiger partial charge in [-0.25, -0.2) is 0 Å². The molecule has 0 aliphatic rings. The van der Waals surface area contributed by atoms with Crippen LogP contribution >= 0.6 is 50.5 Å². The van der Waals surface area contributed by atoms with Crippen LogP contribution in [0.1, 0.15) is 17.4 Å². The predicted molar refractivity (Wildman–Crippen MR) is 71.6 cm³/mol. The maximum Gasteiger partial charge on any atom is 0.139 e. The highest BCUT2D eigenvalue weighted by Crippen LogP contribution is 2.39. The standard InChI is InChI=1S/C10H8BrCl2NOS/c1-14-8(9-6(11)2-3-15-9)5-4-7(12)16-10(5)13/h2-4,8,14H,1H3. The summed E-state index contributed by atoms with van der Waals surface area (Å²) >= 11 is 16.8. The Balaban J connectivity index is 2.44. The van der Waals surface area contributed by atoms with Gasteiger partial charge in [-0.05, 0) is 35.1 Å². The molecular formula is C10H8BrCl2NOS. The van der Waals surface area contributed by atoms with E-state index < -0.39 is 0 Å². The number of rotatable bonds is 3. The summed E-state index contributed by atoms with van der Waals surface area (Å²) in [5, 5.41) is 3.16. The highest BCUT2D eigenvalue weighted by atomic mass is 79.9. The van der Waals surface area contributed by atoms with Crippen LogP contribution in [0, 0.1) is 0 Å². The van der Waals surface area contributed by atoms with Crippen LogP contribution in [-0.2, 0) is 0 Å². The molecule has 16 heavy (non-hydrogen) atoms. The molecule has 0 aliphatic carbocycles. The van der Waals surface area contributed by atoms with Crippen molar-refractivity contribution >= 4 is 50.5 Å². The van der Waals surface area contributed by atoms with Gasteiger partial charge in [0.2, 0.25) is 0 Å². The maximum atomic E-state index is 6.12. The quantitative estimate of drug-likeness (QED) is 0.874. The Hall–Kier alpha value is -0.000000000000000111. The first-order valence-electron chi connectivity index (χ1n) is 4.48. The van der Waals surface area contributed by atoms with Crippen LogP contribution in [0.3, 0.4) is 0 Å². The summed E-state index contributed by atoms with van der Waals surface area (Å²) in [6.45, 7) is 0. The van der Waals surface area contributed by atoms with Crippen LogP contribution in [0.15, 0.2) is 27.3 Å². The van der Waals surface area contributed by atoms with E-state index in [2.05, 4.69) is 21.2 Å². The molecule has 1 N–H and O–H groups in total. The minimum Gasteiger partial charge on any atom is -0.466 e. The monoisotopic (exact) mass is 339 g/mol. The molecule has 6 heteroatoms. The van der Waals surface area contributed by atoms with Gasteiger partial charge in [0.25, 0.3) is 0 Å². The van der Waals surface area contributed by atoms with Crippen LogP contribution < -0.4 is 5.32 Å². The zero-order chi connectivity index (χ0) is 11.7. The van der Waals surface area contributed by atoms with Gasteiger partial charge in [0.15, 0.2) is 0 Å². The molecule has 2 rings (SSSR count). The molecule has 0 bridgehead atoms. The van der Waals surface area contributed by atoms with Crippen molar-refractivity contribution in [3.8, 4) is 0 Å². The number of hydrogen-bond acceptors (Lipinski definition) is 3. The van der Waals surface area contributed by atoms with Crippen LogP contribution in [0.25, 0.3) is 0 Å². The fraction of sp³-hybridized carbons (Fsp3) is 0.200. The largest absolute Gasteiger partial charge is 0.466 e. The lowest BCUT2D eigenvalue weighted by atomic mass is 10.1. The van der Waals surface area contributed by atoms with Crippen molar-refractivity contribution < 1.29 is 4.42 Å². The zero-order valence-corrected chi connectivity index (χ0v) is 12.2. The summed E-state index contributed by atoms with van der Waals surface area (Å²) < 4.78 is 7.68. The first-order chi connectivity index (χ1) is 7.63. The van der Waals surface area contributed by atoms with E-state index in [1.54, 1.807) is 6.26 Å². The molecule has 0 aliphatic heterocycles. The highest BCUT2D eigenvalue weighted by Gasteiger charge is 2.22. The van der Waals surface area contributed by atoms with Crippen molar-refractivity contribution in [3.63, 3.8) is 0 Å². The molecule has 0 radical (unpaired) electrons. The number of furan rings is 1. The van der Waals surface area contributed by atoms with Gasteiger partial charge in [0, 0.05) is 5.56 Å². The molecular weight excluding hydrogens is 333 g/mol. The van der Waals surface area contributed by atoms with Crippen molar-refractivity contribution in [2.75, 3.05) is 7.05 Å². The molecule has 2 aromatic heterocycles. The Morgan fingerprint density at radius 3 is 2.69 bits per heavy atom. The van der Waals surface area contributed by atoms with Crippen LogP contribution in [0.5, 0.6) is 0 Å². The third kappa shape index (κ3) is 2.31. The van der Waals surface area contributed by atoms with Gasteiger partial charge < -0.3 is 9.73 Å². The topological polar surface area (TPSA) is 25.2 Å². The summed E-state index contributed by atoms with van der Waals surface area (Å²) in [5.41, 5.74) is 0.926. The Labute approximate surface area is 116 Å². The third-order valence-electron chi connectivity index (χ3n) is 2.19. The van der Waals surface area contributed by atoms with E-state index in [0.717, 1.165) is 15.8 Å². The normalized spacial score (nSPS) is 13.0. The molecule has 0 fully saturated rings. The van der Waals surface area contributed by atoms with Crippen molar-refractivity contribution in [3.05, 3.63) is 42.9 Å². The molecule has 0 amide bonds. The van der Waals surface area contributed by atoms with Crippen molar-refractivity contribution in [2.24, 2.45) is 0 Å². The number of halogens is 3. The zero-order valence-electron chi connectivity index (χ0n) is 8.26. The van der Waals surface area contributed by atoms with E-state index in [1.807, 2.05) is 19.2 Å². The molecule has 2 nitrogen and oxygen atoms in total. The van der Waals surface area contributed by atoms with Gasteiger partial charge in [-0.2, -0.15) is 0 Å². The smallest absolute Gasteiger partial charge is 0.139 e. The van der Waals surface area contributed by atoms with E-state index in [9.17, 15) is 0 Å². The second kappa shape index (κ2) is 5.10. The van der Waals surface area contributed by atoms with Gasteiger partial charge in [-0.15, -0.1) is 11.3 Å². The summed E-state index contributed by atoms with van der Waals surface area (Å²) in [6, 6.07) is 3.60. The molecule has 2 heterocycles. The highest BCUT2D eigenvalue weighted by molar-refractivity contribution is 9.10. The van der Waals surface area contributed by atoms with E-state index in [4.69, 9.17) is 27.6 Å². The number of hydrogen-bond donors (Lipinski definition) is 1. The maximum absolute atomic E-state index is 6.12. The van der Waals surface area contributed by atoms with E-state index in [-0.39, 0.29) is 6.04 Å². The minimum atomic E-state index is -0.0966. The first kappa shape index (κ1) is 12.5. The molecule has 0 spiro atoms. The van der Waals surface area contributed by atoms with Crippen LogP contribution in [0.2, 0.25) is 8.67 Å². The number of thiophene rings is 1. The van der Waals surface area contributed by atoms with E-state index >= 15 is 0 Å². The Morgan fingerprint density at radius 2 is 2.25 bits per heavy atom. The van der Waals surface area contributed by atoms with Gasteiger partial charge in [-0.1, -0.05) is 23.2 Å². The molecule has 0 saturated heterocycles. The van der Waals surface area contributed by atoms with Crippen molar-refractivity contribution in [1.29, 1.82) is 0 Å². The lowest BCUT2D eigenvalue weighted by Gasteiger charge is -2.13. The molecule has 0 saturated carbocycles. The van der Waals surface area contributed by atoms with Gasteiger partial charge in [-0.3, -0.25) is 0 Å². The third-order valence-corrected chi connectivity index (χ3v) is 4.36. The van der Waals surface area contributed by atoms with Crippen molar-refractivity contribution in [1.82, 2.24) is 5.32 Å². The molecule has 1 unspecified atom stereocenters.